The van der Waals surface area contributed by atoms with Crippen molar-refractivity contribution in [3.63, 3.8) is 0 Å². The molecule has 29 heavy (non-hydrogen) atoms. The Morgan fingerprint density at radius 3 is 2.55 bits per heavy atom. The quantitative estimate of drug-likeness (QED) is 0.685. The number of fused-ring (bicyclic) bond motifs is 1. The molecule has 0 aliphatic carbocycles. The van der Waals surface area contributed by atoms with Gasteiger partial charge in [0.2, 0.25) is 6.79 Å². The molecule has 4 rings (SSSR count). The average Bonchev–Trinajstić information content (AvgIpc) is 3.17. The second kappa shape index (κ2) is 7.79. The number of carbonyl (C=O) groups excluding carboxylic acids is 1. The van der Waals surface area contributed by atoms with E-state index in [2.05, 4.69) is 20.6 Å². The average molecular weight is 390 g/mol. The van der Waals surface area contributed by atoms with Gasteiger partial charge in [0.15, 0.2) is 11.5 Å². The summed E-state index contributed by atoms with van der Waals surface area (Å²) in [5.41, 5.74) is 5.33. The molecule has 0 saturated heterocycles. The molecule has 1 aromatic heterocycles. The number of nitrogens with zero attached hydrogens (tertiary/aromatic N) is 2. The Kier molecular flexibility index (Phi) is 5.03. The van der Waals surface area contributed by atoms with Gasteiger partial charge in [-0.1, -0.05) is 23.8 Å². The van der Waals surface area contributed by atoms with Crippen molar-refractivity contribution < 1.29 is 14.3 Å². The molecule has 7 nitrogen and oxygen atoms in total. The predicted octanol–water partition coefficient (Wildman–Crippen LogP) is 3.99. The maximum atomic E-state index is 12.7. The van der Waals surface area contributed by atoms with Crippen LogP contribution in [0.3, 0.4) is 0 Å². The van der Waals surface area contributed by atoms with Crippen LogP contribution in [-0.2, 0) is 6.54 Å². The lowest BCUT2D eigenvalue weighted by molar-refractivity contribution is 0.102. The van der Waals surface area contributed by atoms with Crippen LogP contribution in [0, 0.1) is 20.8 Å². The van der Waals surface area contributed by atoms with Gasteiger partial charge in [0.05, 0.1) is 0 Å². The lowest BCUT2D eigenvalue weighted by Crippen LogP contribution is -2.16. The monoisotopic (exact) mass is 390 g/mol. The molecule has 1 aliphatic rings. The predicted molar refractivity (Wildman–Crippen MR) is 111 cm³/mol. The van der Waals surface area contributed by atoms with Crippen LogP contribution in [0.15, 0.2) is 42.7 Å². The van der Waals surface area contributed by atoms with E-state index in [0.29, 0.717) is 18.1 Å². The summed E-state index contributed by atoms with van der Waals surface area (Å²) < 4.78 is 10.7. The zero-order valence-corrected chi connectivity index (χ0v) is 16.6. The molecule has 148 valence electrons. The van der Waals surface area contributed by atoms with Gasteiger partial charge >= 0.3 is 0 Å². The van der Waals surface area contributed by atoms with Crippen LogP contribution in [-0.4, -0.2) is 22.7 Å². The lowest BCUT2D eigenvalue weighted by atomic mass is 10.0. The molecule has 0 fully saturated rings. The zero-order valence-electron chi connectivity index (χ0n) is 16.6. The van der Waals surface area contributed by atoms with Crippen molar-refractivity contribution in [1.29, 1.82) is 0 Å². The molecule has 1 aliphatic heterocycles. The van der Waals surface area contributed by atoms with Crippen LogP contribution in [0.4, 0.5) is 11.5 Å². The molecule has 0 bridgehead atoms. The van der Waals surface area contributed by atoms with E-state index >= 15 is 0 Å². The van der Waals surface area contributed by atoms with Crippen LogP contribution in [0.2, 0.25) is 0 Å². The number of ether oxygens (including phenoxy) is 2. The molecular weight excluding hydrogens is 368 g/mol. The third kappa shape index (κ3) is 4.13. The minimum absolute atomic E-state index is 0.247. The maximum absolute atomic E-state index is 12.7. The molecule has 1 amide bonds. The Balaban J connectivity index is 1.45. The molecule has 0 saturated carbocycles. The van der Waals surface area contributed by atoms with Crippen molar-refractivity contribution in [2.75, 3.05) is 17.4 Å². The van der Waals surface area contributed by atoms with E-state index < -0.39 is 0 Å². The van der Waals surface area contributed by atoms with Gasteiger partial charge in [-0.15, -0.1) is 0 Å². The fourth-order valence-corrected chi connectivity index (χ4v) is 3.38. The molecule has 0 spiro atoms. The maximum Gasteiger partial charge on any atom is 0.274 e. The minimum atomic E-state index is -0.270. The Bertz CT molecular complexity index is 1060. The second-order valence-electron chi connectivity index (χ2n) is 7.06. The first-order valence-electron chi connectivity index (χ1n) is 9.33. The van der Waals surface area contributed by atoms with Gasteiger partial charge in [-0.2, -0.15) is 0 Å². The van der Waals surface area contributed by atoms with Crippen LogP contribution in [0.5, 0.6) is 11.5 Å². The summed E-state index contributed by atoms with van der Waals surface area (Å²) in [6.45, 7) is 6.78. The number of amides is 1. The number of hydrogen-bond acceptors (Lipinski definition) is 6. The Hall–Kier alpha value is -3.61. The van der Waals surface area contributed by atoms with Gasteiger partial charge in [0.1, 0.15) is 17.8 Å². The lowest BCUT2D eigenvalue weighted by Gasteiger charge is -2.13. The highest BCUT2D eigenvalue weighted by molar-refractivity contribution is 6.04. The highest BCUT2D eigenvalue weighted by Crippen LogP contribution is 2.32. The summed E-state index contributed by atoms with van der Waals surface area (Å²) in [6.07, 6.45) is 1.38. The van der Waals surface area contributed by atoms with Crippen molar-refractivity contribution in [2.45, 2.75) is 27.3 Å². The molecular formula is C22H22N4O3. The summed E-state index contributed by atoms with van der Waals surface area (Å²) in [7, 11) is 0. The Morgan fingerprint density at radius 2 is 1.76 bits per heavy atom. The van der Waals surface area contributed by atoms with Gasteiger partial charge < -0.3 is 20.1 Å². The number of carbonyl (C=O) groups is 1. The Labute approximate surface area is 169 Å². The topological polar surface area (TPSA) is 85.4 Å². The highest BCUT2D eigenvalue weighted by Gasteiger charge is 2.14. The first kappa shape index (κ1) is 18.7. The summed E-state index contributed by atoms with van der Waals surface area (Å²) in [5, 5.41) is 6.18. The van der Waals surface area contributed by atoms with E-state index in [1.54, 1.807) is 6.07 Å². The van der Waals surface area contributed by atoms with E-state index in [1.165, 1.54) is 6.33 Å². The number of benzene rings is 2. The standard InChI is InChI=1S/C22H22N4O3/c1-13-6-14(2)21(15(3)7-13)26-22(27)17-9-20(25-11-24-17)23-10-16-4-5-18-19(8-16)29-12-28-18/h4-9,11H,10,12H2,1-3H3,(H,26,27)(H,23,24,25). The number of aromatic nitrogens is 2. The van der Waals surface area contributed by atoms with Crippen LogP contribution in [0.1, 0.15) is 32.7 Å². The number of aryl methyl sites for hydroxylation is 3. The smallest absolute Gasteiger partial charge is 0.274 e. The molecule has 0 atom stereocenters. The number of anilines is 2. The van der Waals surface area contributed by atoms with E-state index in [0.717, 1.165) is 39.4 Å². The minimum Gasteiger partial charge on any atom is -0.454 e. The number of rotatable bonds is 5. The van der Waals surface area contributed by atoms with Crippen LogP contribution < -0.4 is 20.1 Å². The van der Waals surface area contributed by atoms with Crippen molar-refractivity contribution in [3.8, 4) is 11.5 Å². The van der Waals surface area contributed by atoms with Crippen LogP contribution in [0.25, 0.3) is 0 Å². The van der Waals surface area contributed by atoms with Gasteiger partial charge in [-0.3, -0.25) is 4.79 Å². The van der Waals surface area contributed by atoms with E-state index in [9.17, 15) is 4.79 Å². The number of hydrogen-bond donors (Lipinski definition) is 2. The van der Waals surface area contributed by atoms with Crippen LogP contribution >= 0.6 is 0 Å². The highest BCUT2D eigenvalue weighted by atomic mass is 16.7. The van der Waals surface area contributed by atoms with Gasteiger partial charge in [-0.05, 0) is 49.6 Å². The van der Waals surface area contributed by atoms with E-state index in [-0.39, 0.29) is 12.7 Å². The molecule has 7 heteroatoms. The summed E-state index contributed by atoms with van der Waals surface area (Å²) in [6, 6.07) is 11.5. The van der Waals surface area contributed by atoms with Crippen molar-refractivity contribution in [3.05, 3.63) is 70.7 Å². The second-order valence-corrected chi connectivity index (χ2v) is 7.06. The molecule has 0 unspecified atom stereocenters. The Morgan fingerprint density at radius 1 is 1.00 bits per heavy atom. The van der Waals surface area contributed by atoms with Gasteiger partial charge in [-0.25, -0.2) is 9.97 Å². The van der Waals surface area contributed by atoms with Crippen molar-refractivity contribution >= 4 is 17.4 Å². The van der Waals surface area contributed by atoms with E-state index in [1.807, 2.05) is 51.1 Å². The van der Waals surface area contributed by atoms with Crippen molar-refractivity contribution in [1.82, 2.24) is 9.97 Å². The summed E-state index contributed by atoms with van der Waals surface area (Å²) in [4.78, 5) is 21.0. The third-order valence-electron chi connectivity index (χ3n) is 4.73. The van der Waals surface area contributed by atoms with Gasteiger partial charge in [0, 0.05) is 18.3 Å². The zero-order chi connectivity index (χ0) is 20.4. The van der Waals surface area contributed by atoms with E-state index in [4.69, 9.17) is 9.47 Å². The molecule has 2 aromatic carbocycles. The molecule has 2 N–H and O–H groups in total. The number of nitrogens with one attached hydrogen (secondary N) is 2. The summed E-state index contributed by atoms with van der Waals surface area (Å²) >= 11 is 0. The third-order valence-corrected chi connectivity index (χ3v) is 4.73. The normalized spacial score (nSPS) is 12.0. The largest absolute Gasteiger partial charge is 0.454 e. The molecule has 3 aromatic rings. The fourth-order valence-electron chi connectivity index (χ4n) is 3.38. The SMILES string of the molecule is Cc1cc(C)c(NC(=O)c2cc(NCc3ccc4c(c3)OCO4)ncn2)c(C)c1. The molecule has 0 radical (unpaired) electrons. The van der Waals surface area contributed by atoms with Crippen molar-refractivity contribution in [2.24, 2.45) is 0 Å². The first-order valence-corrected chi connectivity index (χ1v) is 9.33. The first-order chi connectivity index (χ1) is 14.0. The molecule has 2 heterocycles. The summed E-state index contributed by atoms with van der Waals surface area (Å²) in [5.74, 6) is 1.78. The van der Waals surface area contributed by atoms with Gasteiger partial charge in [0.25, 0.3) is 5.91 Å². The fraction of sp³-hybridized carbons (Fsp3) is 0.227.